The molecule has 0 aliphatic carbocycles. The van der Waals surface area contributed by atoms with Gasteiger partial charge in [0.25, 0.3) is 0 Å². The summed E-state index contributed by atoms with van der Waals surface area (Å²) in [5.74, 6) is 0.981. The summed E-state index contributed by atoms with van der Waals surface area (Å²) < 4.78 is 5.96. The number of para-hydroxylation sites is 1. The van der Waals surface area contributed by atoms with E-state index in [1.807, 2.05) is 30.3 Å². The maximum Gasteiger partial charge on any atom is 0.318 e. The van der Waals surface area contributed by atoms with Crippen LogP contribution in [0.25, 0.3) is 0 Å². The summed E-state index contributed by atoms with van der Waals surface area (Å²) >= 11 is 3.74. The van der Waals surface area contributed by atoms with Gasteiger partial charge in [0, 0.05) is 0 Å². The molecule has 14 heavy (non-hydrogen) atoms. The van der Waals surface area contributed by atoms with Gasteiger partial charge >= 0.3 is 6.94 Å². The highest BCUT2D eigenvalue weighted by molar-refractivity contribution is 9.25. The summed E-state index contributed by atoms with van der Waals surface area (Å²) in [5.41, 5.74) is 0. The second-order valence-electron chi connectivity index (χ2n) is 3.62. The summed E-state index contributed by atoms with van der Waals surface area (Å²) in [6.45, 7) is 2.76. The molecule has 1 rings (SSSR count). The zero-order valence-corrected chi connectivity index (χ0v) is 11.4. The van der Waals surface area contributed by atoms with Gasteiger partial charge in [-0.1, -0.05) is 53.3 Å². The Labute approximate surface area is 95.2 Å². The normalized spacial score (nSPS) is 14.8. The van der Waals surface area contributed by atoms with Crippen LogP contribution in [0.1, 0.15) is 19.8 Å². The smallest absolute Gasteiger partial charge is 0.318 e. The molecule has 78 valence electrons. The Morgan fingerprint density at radius 1 is 1.29 bits per heavy atom. The molecule has 1 atom stereocenters. The molecule has 1 aromatic rings. The number of hydrogen-bond acceptors (Lipinski definition) is 1. The Morgan fingerprint density at radius 3 is 2.50 bits per heavy atom. The Hall–Kier alpha value is -0.283. The third-order valence-electron chi connectivity index (χ3n) is 2.05. The highest BCUT2D eigenvalue weighted by Gasteiger charge is 2.26. The van der Waals surface area contributed by atoms with Crippen LogP contribution in [0.5, 0.6) is 5.75 Å². The van der Waals surface area contributed by atoms with Crippen molar-refractivity contribution in [1.29, 1.82) is 0 Å². The molecule has 0 spiro atoms. The molecule has 0 aromatic heterocycles. The van der Waals surface area contributed by atoms with Crippen LogP contribution < -0.4 is 4.43 Å². The molecule has 0 amide bonds. The Kier molecular flexibility index (Phi) is 4.68. The van der Waals surface area contributed by atoms with Crippen molar-refractivity contribution in [2.24, 2.45) is 0 Å². The largest absolute Gasteiger partial charge is 0.533 e. The molecular weight excluding hydrogens is 256 g/mol. The first-order chi connectivity index (χ1) is 6.64. The molecule has 0 aliphatic rings. The molecule has 3 heteroatoms. The fourth-order valence-electron chi connectivity index (χ4n) is 1.28. The number of halogens is 1. The number of rotatable bonds is 5. The van der Waals surface area contributed by atoms with E-state index >= 15 is 0 Å². The van der Waals surface area contributed by atoms with E-state index in [1.54, 1.807) is 0 Å². The molecule has 1 aromatic carbocycles. The fraction of sp³-hybridized carbons (Fsp3) is 0.455. The van der Waals surface area contributed by atoms with Crippen LogP contribution in [0.15, 0.2) is 30.3 Å². The van der Waals surface area contributed by atoms with Crippen molar-refractivity contribution in [3.8, 4) is 5.75 Å². The predicted molar refractivity (Wildman–Crippen MR) is 67.3 cm³/mol. The third-order valence-corrected chi connectivity index (χ3v) is 5.63. The molecule has 0 fully saturated rings. The van der Waals surface area contributed by atoms with Crippen LogP contribution in [0, 0.1) is 0 Å². The van der Waals surface area contributed by atoms with Crippen molar-refractivity contribution in [2.45, 2.75) is 32.4 Å². The van der Waals surface area contributed by atoms with Gasteiger partial charge in [-0.05, 0) is 24.7 Å². The topological polar surface area (TPSA) is 9.23 Å². The standard InChI is InChI=1S/C11H17BrOSi/c1-3-4-10-14(2,12)13-11-8-6-5-7-9-11/h5-9H,3-4,10H2,1-2H3. The number of hydrogen-bond donors (Lipinski definition) is 0. The maximum atomic E-state index is 5.96. The summed E-state index contributed by atoms with van der Waals surface area (Å²) in [6, 6.07) is 11.2. The van der Waals surface area contributed by atoms with E-state index < -0.39 is 6.94 Å². The first kappa shape index (κ1) is 11.8. The van der Waals surface area contributed by atoms with Crippen molar-refractivity contribution < 1.29 is 4.43 Å². The Bertz CT molecular complexity index is 261. The highest BCUT2D eigenvalue weighted by atomic mass is 79.9. The van der Waals surface area contributed by atoms with Gasteiger partial charge in [0.05, 0.1) is 0 Å². The highest BCUT2D eigenvalue weighted by Crippen LogP contribution is 2.25. The molecule has 0 radical (unpaired) electrons. The number of benzene rings is 1. The molecule has 0 saturated heterocycles. The summed E-state index contributed by atoms with van der Waals surface area (Å²) in [6.07, 6.45) is 2.47. The van der Waals surface area contributed by atoms with Gasteiger partial charge < -0.3 is 4.43 Å². The van der Waals surface area contributed by atoms with Gasteiger partial charge in [0.2, 0.25) is 0 Å². The van der Waals surface area contributed by atoms with Crippen molar-refractivity contribution >= 4 is 22.2 Å². The molecule has 0 saturated carbocycles. The minimum Gasteiger partial charge on any atom is -0.533 e. The lowest BCUT2D eigenvalue weighted by molar-refractivity contribution is 0.561. The minimum absolute atomic E-state index is 0.981. The molecule has 0 bridgehead atoms. The lowest BCUT2D eigenvalue weighted by atomic mass is 10.3. The molecule has 0 N–H and O–H groups in total. The minimum atomic E-state index is -1.65. The van der Waals surface area contributed by atoms with E-state index in [9.17, 15) is 0 Å². The third kappa shape index (κ3) is 4.29. The summed E-state index contributed by atoms with van der Waals surface area (Å²) in [7, 11) is 0. The van der Waals surface area contributed by atoms with Crippen molar-refractivity contribution in [1.82, 2.24) is 0 Å². The van der Waals surface area contributed by atoms with Crippen LogP contribution in [-0.4, -0.2) is 6.94 Å². The molecule has 1 nitrogen and oxygen atoms in total. The van der Waals surface area contributed by atoms with Crippen molar-refractivity contribution in [3.05, 3.63) is 30.3 Å². The Morgan fingerprint density at radius 2 is 1.93 bits per heavy atom. The van der Waals surface area contributed by atoms with Gasteiger partial charge in [-0.2, -0.15) is 0 Å². The van der Waals surface area contributed by atoms with Crippen LogP contribution in [0.2, 0.25) is 12.6 Å². The molecule has 1 unspecified atom stereocenters. The maximum absolute atomic E-state index is 5.96. The van der Waals surface area contributed by atoms with E-state index in [-0.39, 0.29) is 0 Å². The molecule has 0 aliphatic heterocycles. The monoisotopic (exact) mass is 272 g/mol. The van der Waals surface area contributed by atoms with Crippen molar-refractivity contribution in [3.63, 3.8) is 0 Å². The zero-order valence-electron chi connectivity index (χ0n) is 8.79. The average molecular weight is 273 g/mol. The first-order valence-electron chi connectivity index (χ1n) is 5.07. The summed E-state index contributed by atoms with van der Waals surface area (Å²) in [4.78, 5) is 0. The quantitative estimate of drug-likeness (QED) is 0.573. The van der Waals surface area contributed by atoms with E-state index in [4.69, 9.17) is 4.43 Å². The number of unbranched alkanes of at least 4 members (excludes halogenated alkanes) is 1. The fourth-order valence-corrected chi connectivity index (χ4v) is 4.39. The van der Waals surface area contributed by atoms with Crippen LogP contribution in [0.4, 0.5) is 0 Å². The average Bonchev–Trinajstić information content (AvgIpc) is 2.16. The lowest BCUT2D eigenvalue weighted by Gasteiger charge is -2.21. The summed E-state index contributed by atoms with van der Waals surface area (Å²) in [5, 5.41) is 0. The van der Waals surface area contributed by atoms with E-state index in [1.165, 1.54) is 18.9 Å². The molecular formula is C11H17BrOSi. The lowest BCUT2D eigenvalue weighted by Crippen LogP contribution is -2.30. The Balaban J connectivity index is 2.50. The second-order valence-corrected chi connectivity index (χ2v) is 11.6. The van der Waals surface area contributed by atoms with Crippen LogP contribution in [-0.2, 0) is 0 Å². The van der Waals surface area contributed by atoms with Gasteiger partial charge in [-0.15, -0.1) is 0 Å². The van der Waals surface area contributed by atoms with Gasteiger partial charge in [-0.3, -0.25) is 0 Å². The molecule has 0 heterocycles. The SMILES string of the molecule is CCCC[Si](C)(Br)Oc1ccccc1. The zero-order chi connectivity index (χ0) is 10.4. The van der Waals surface area contributed by atoms with E-state index in [0.29, 0.717) is 0 Å². The first-order valence-corrected chi connectivity index (χ1v) is 9.94. The second kappa shape index (κ2) is 5.56. The van der Waals surface area contributed by atoms with Gasteiger partial charge in [0.1, 0.15) is 5.75 Å². The van der Waals surface area contributed by atoms with E-state index in [2.05, 4.69) is 28.8 Å². The van der Waals surface area contributed by atoms with Gasteiger partial charge in [0.15, 0.2) is 0 Å². The van der Waals surface area contributed by atoms with Crippen molar-refractivity contribution in [2.75, 3.05) is 0 Å². The van der Waals surface area contributed by atoms with Gasteiger partial charge in [-0.25, -0.2) is 0 Å². The van der Waals surface area contributed by atoms with Crippen LogP contribution >= 0.6 is 15.3 Å². The predicted octanol–water partition coefficient (Wildman–Crippen LogP) is 4.33. The van der Waals surface area contributed by atoms with E-state index in [0.717, 1.165) is 5.75 Å². The van der Waals surface area contributed by atoms with Crippen LogP contribution in [0.3, 0.4) is 0 Å².